The van der Waals surface area contributed by atoms with Crippen molar-refractivity contribution in [2.75, 3.05) is 13.2 Å². The summed E-state index contributed by atoms with van der Waals surface area (Å²) in [5.74, 6) is 0.292. The first kappa shape index (κ1) is 21.2. The van der Waals surface area contributed by atoms with E-state index in [1.54, 1.807) is 13.0 Å². The predicted molar refractivity (Wildman–Crippen MR) is 117 cm³/mol. The van der Waals surface area contributed by atoms with Gasteiger partial charge in [-0.05, 0) is 47.9 Å². The van der Waals surface area contributed by atoms with E-state index in [2.05, 4.69) is 10.5 Å². The van der Waals surface area contributed by atoms with Crippen molar-refractivity contribution in [3.63, 3.8) is 0 Å². The summed E-state index contributed by atoms with van der Waals surface area (Å²) in [6.45, 7) is 2.00. The molecule has 6 nitrogen and oxygen atoms in total. The Morgan fingerprint density at radius 3 is 2.47 bits per heavy atom. The normalized spacial score (nSPS) is 10.7. The maximum atomic E-state index is 11.9. The van der Waals surface area contributed by atoms with Crippen LogP contribution in [0.15, 0.2) is 71.8 Å². The van der Waals surface area contributed by atoms with E-state index in [0.717, 1.165) is 11.1 Å². The van der Waals surface area contributed by atoms with Crippen molar-refractivity contribution in [1.29, 1.82) is 0 Å². The highest BCUT2D eigenvalue weighted by Gasteiger charge is 2.09. The Kier molecular flexibility index (Phi) is 7.29. The zero-order chi connectivity index (χ0) is 21.3. The lowest BCUT2D eigenvalue weighted by molar-refractivity contribution is -0.123. The second-order valence-corrected chi connectivity index (χ2v) is 6.66. The van der Waals surface area contributed by atoms with E-state index >= 15 is 0 Å². The molecule has 0 heterocycles. The molecule has 0 radical (unpaired) electrons. The average Bonchev–Trinajstić information content (AvgIpc) is 2.77. The molecule has 3 aromatic rings. The molecule has 0 aliphatic rings. The van der Waals surface area contributed by atoms with E-state index in [4.69, 9.17) is 21.1 Å². The van der Waals surface area contributed by atoms with Gasteiger partial charge in [0.05, 0.1) is 17.8 Å². The van der Waals surface area contributed by atoms with Crippen LogP contribution in [0.4, 0.5) is 0 Å². The number of phenolic OH excluding ortho intramolecular Hbond substituents is 1. The standard InChI is InChI=1S/C23H21ClN2O4/c1-2-29-21-13-16(12-20(24)23(21)28)14-25-26-22(27)15-30-19-10-8-18(9-11-19)17-6-4-3-5-7-17/h3-14,28H,2,15H2,1H3,(H,26,27)/b25-14-. The largest absolute Gasteiger partial charge is 0.503 e. The highest BCUT2D eigenvalue weighted by molar-refractivity contribution is 6.32. The zero-order valence-corrected chi connectivity index (χ0v) is 17.1. The fourth-order valence-electron chi connectivity index (χ4n) is 2.67. The molecule has 0 spiro atoms. The molecular formula is C23H21ClN2O4. The van der Waals surface area contributed by atoms with Crippen LogP contribution in [0.5, 0.6) is 17.2 Å². The highest BCUT2D eigenvalue weighted by atomic mass is 35.5. The highest BCUT2D eigenvalue weighted by Crippen LogP contribution is 2.34. The molecule has 0 aliphatic carbocycles. The summed E-state index contributed by atoms with van der Waals surface area (Å²) in [5, 5.41) is 13.9. The Bertz CT molecular complexity index is 1020. The number of hydrazone groups is 1. The minimum Gasteiger partial charge on any atom is -0.503 e. The quantitative estimate of drug-likeness (QED) is 0.407. The fraction of sp³-hybridized carbons (Fsp3) is 0.130. The van der Waals surface area contributed by atoms with Gasteiger partial charge in [-0.1, -0.05) is 54.1 Å². The summed E-state index contributed by atoms with van der Waals surface area (Å²) in [5.41, 5.74) is 5.13. The predicted octanol–water partition coefficient (Wildman–Crippen LogP) is 4.64. The minimum absolute atomic E-state index is 0.133. The van der Waals surface area contributed by atoms with E-state index in [1.165, 1.54) is 12.3 Å². The lowest BCUT2D eigenvalue weighted by atomic mass is 10.1. The molecule has 7 heteroatoms. The van der Waals surface area contributed by atoms with Gasteiger partial charge in [0.2, 0.25) is 0 Å². The van der Waals surface area contributed by atoms with Crippen LogP contribution in [0.25, 0.3) is 11.1 Å². The van der Waals surface area contributed by atoms with Crippen LogP contribution in [0.3, 0.4) is 0 Å². The van der Waals surface area contributed by atoms with Crippen LogP contribution < -0.4 is 14.9 Å². The summed E-state index contributed by atoms with van der Waals surface area (Å²) in [4.78, 5) is 11.9. The van der Waals surface area contributed by atoms with Crippen LogP contribution in [-0.2, 0) is 4.79 Å². The minimum atomic E-state index is -0.409. The number of halogens is 1. The number of ether oxygens (including phenoxy) is 2. The maximum absolute atomic E-state index is 11.9. The van der Waals surface area contributed by atoms with Crippen LogP contribution in [0.2, 0.25) is 5.02 Å². The number of nitrogens with one attached hydrogen (secondary N) is 1. The third kappa shape index (κ3) is 5.75. The lowest BCUT2D eigenvalue weighted by Crippen LogP contribution is -2.24. The van der Waals surface area contributed by atoms with Gasteiger partial charge in [0, 0.05) is 0 Å². The number of amides is 1. The molecule has 1 amide bonds. The maximum Gasteiger partial charge on any atom is 0.277 e. The van der Waals surface area contributed by atoms with Gasteiger partial charge in [-0.15, -0.1) is 0 Å². The van der Waals surface area contributed by atoms with Crippen molar-refractivity contribution in [1.82, 2.24) is 5.43 Å². The molecule has 154 valence electrons. The van der Waals surface area contributed by atoms with Crippen molar-refractivity contribution < 1.29 is 19.4 Å². The monoisotopic (exact) mass is 424 g/mol. The third-order valence-electron chi connectivity index (χ3n) is 4.08. The number of benzene rings is 3. The molecule has 30 heavy (non-hydrogen) atoms. The molecule has 0 aliphatic heterocycles. The van der Waals surface area contributed by atoms with Gasteiger partial charge in [0.25, 0.3) is 5.91 Å². The number of hydrogen-bond acceptors (Lipinski definition) is 5. The second-order valence-electron chi connectivity index (χ2n) is 6.25. The van der Waals surface area contributed by atoms with Crippen LogP contribution in [0, 0.1) is 0 Å². The molecule has 0 fully saturated rings. The van der Waals surface area contributed by atoms with Crippen LogP contribution in [-0.4, -0.2) is 30.4 Å². The number of carbonyl (C=O) groups is 1. The van der Waals surface area contributed by atoms with Crippen molar-refractivity contribution in [2.45, 2.75) is 6.92 Å². The first-order valence-corrected chi connectivity index (χ1v) is 9.70. The molecule has 0 atom stereocenters. The Balaban J connectivity index is 1.51. The number of rotatable bonds is 8. The topological polar surface area (TPSA) is 80.2 Å². The number of aromatic hydroxyl groups is 1. The number of nitrogens with zero attached hydrogens (tertiary/aromatic N) is 1. The van der Waals surface area contributed by atoms with E-state index in [9.17, 15) is 9.90 Å². The Morgan fingerprint density at radius 1 is 1.07 bits per heavy atom. The number of phenols is 1. The van der Waals surface area contributed by atoms with Gasteiger partial charge in [-0.2, -0.15) is 5.10 Å². The van der Waals surface area contributed by atoms with Crippen molar-refractivity contribution in [3.05, 3.63) is 77.3 Å². The molecule has 0 saturated carbocycles. The van der Waals surface area contributed by atoms with Crippen LogP contribution in [0.1, 0.15) is 12.5 Å². The van der Waals surface area contributed by atoms with Crippen molar-refractivity contribution in [2.24, 2.45) is 5.10 Å². The molecule has 0 saturated heterocycles. The van der Waals surface area contributed by atoms with Gasteiger partial charge in [0.15, 0.2) is 18.1 Å². The van der Waals surface area contributed by atoms with E-state index < -0.39 is 5.91 Å². The molecule has 0 aromatic heterocycles. The smallest absolute Gasteiger partial charge is 0.277 e. The molecule has 3 rings (SSSR count). The van der Waals surface area contributed by atoms with Crippen molar-refractivity contribution >= 4 is 23.7 Å². The van der Waals surface area contributed by atoms with E-state index in [0.29, 0.717) is 17.9 Å². The van der Waals surface area contributed by atoms with Gasteiger partial charge < -0.3 is 14.6 Å². The average molecular weight is 425 g/mol. The summed E-state index contributed by atoms with van der Waals surface area (Å²) in [6.07, 6.45) is 1.40. The second kappa shape index (κ2) is 10.3. The molecule has 2 N–H and O–H groups in total. The third-order valence-corrected chi connectivity index (χ3v) is 4.37. The van der Waals surface area contributed by atoms with Gasteiger partial charge >= 0.3 is 0 Å². The van der Waals surface area contributed by atoms with Gasteiger partial charge in [-0.25, -0.2) is 5.43 Å². The van der Waals surface area contributed by atoms with E-state index in [-0.39, 0.29) is 23.1 Å². The van der Waals surface area contributed by atoms with Crippen molar-refractivity contribution in [3.8, 4) is 28.4 Å². The van der Waals surface area contributed by atoms with Gasteiger partial charge in [-0.3, -0.25) is 4.79 Å². The summed E-state index contributed by atoms with van der Waals surface area (Å²) in [7, 11) is 0. The Morgan fingerprint density at radius 2 is 1.77 bits per heavy atom. The number of hydrogen-bond donors (Lipinski definition) is 2. The number of carbonyl (C=O) groups excluding carboxylic acids is 1. The molecule has 0 bridgehead atoms. The molecule has 0 unspecified atom stereocenters. The fourth-order valence-corrected chi connectivity index (χ4v) is 2.89. The van der Waals surface area contributed by atoms with Crippen LogP contribution >= 0.6 is 11.6 Å². The Hall–Kier alpha value is -3.51. The summed E-state index contributed by atoms with van der Waals surface area (Å²) >= 11 is 5.96. The molecular weight excluding hydrogens is 404 g/mol. The molecule has 3 aromatic carbocycles. The summed E-state index contributed by atoms with van der Waals surface area (Å²) in [6, 6.07) is 20.6. The Labute approximate surface area is 179 Å². The first-order chi connectivity index (χ1) is 14.6. The van der Waals surface area contributed by atoms with E-state index in [1.807, 2.05) is 54.6 Å². The lowest BCUT2D eigenvalue weighted by Gasteiger charge is -2.08. The summed E-state index contributed by atoms with van der Waals surface area (Å²) < 4.78 is 10.8. The van der Waals surface area contributed by atoms with Gasteiger partial charge in [0.1, 0.15) is 5.75 Å². The zero-order valence-electron chi connectivity index (χ0n) is 16.3. The SMILES string of the molecule is CCOc1cc(/C=N\NC(=O)COc2ccc(-c3ccccc3)cc2)cc(Cl)c1O. The first-order valence-electron chi connectivity index (χ1n) is 9.32.